The van der Waals surface area contributed by atoms with E-state index < -0.39 is 21.8 Å². The van der Waals surface area contributed by atoms with E-state index in [4.69, 9.17) is 0 Å². The third kappa shape index (κ3) is 4.01. The summed E-state index contributed by atoms with van der Waals surface area (Å²) in [5.74, 6) is 0.195. The molecule has 1 unspecified atom stereocenters. The molecule has 0 spiro atoms. The molecule has 0 radical (unpaired) electrons. The summed E-state index contributed by atoms with van der Waals surface area (Å²) in [6.45, 7) is 2.51. The average molecular weight is 453 g/mol. The van der Waals surface area contributed by atoms with Gasteiger partial charge >= 0.3 is 6.18 Å². The largest absolute Gasteiger partial charge is 0.416 e. The van der Waals surface area contributed by atoms with E-state index in [1.807, 2.05) is 24.1 Å². The maximum absolute atomic E-state index is 13.2. The molecule has 0 saturated carbocycles. The zero-order chi connectivity index (χ0) is 22.4. The summed E-state index contributed by atoms with van der Waals surface area (Å²) < 4.78 is 66.9. The van der Waals surface area contributed by atoms with Crippen molar-refractivity contribution in [2.24, 2.45) is 5.92 Å². The molecule has 10 heteroatoms. The Kier molecular flexibility index (Phi) is 5.47. The molecule has 6 nitrogen and oxygen atoms in total. The van der Waals surface area contributed by atoms with Crippen molar-refractivity contribution < 1.29 is 21.6 Å². The molecule has 1 aromatic carbocycles. The number of piperidine rings is 1. The summed E-state index contributed by atoms with van der Waals surface area (Å²) in [6.07, 6.45) is -0.512. The van der Waals surface area contributed by atoms with Crippen molar-refractivity contribution >= 4 is 26.7 Å². The van der Waals surface area contributed by atoms with Gasteiger partial charge in [0.05, 0.1) is 10.5 Å². The molecule has 0 amide bonds. The van der Waals surface area contributed by atoms with E-state index in [2.05, 4.69) is 16.9 Å². The molecule has 2 atom stereocenters. The van der Waals surface area contributed by atoms with Crippen LogP contribution in [0, 0.1) is 5.92 Å². The standard InChI is InChI=1S/C21H23F3N4O2S/c1-14-8-11-28(31(29,30)16-5-3-4-15(12-16)21(22,23)24)13-19(14)27(2)18-7-10-26-20-17(18)6-9-25-20/h3-7,9-10,12,14,19H,8,11,13H2,1-2H3,(H,25,26)/t14-,19?/m1/s1. The lowest BCUT2D eigenvalue weighted by Crippen LogP contribution is -2.52. The van der Waals surface area contributed by atoms with Gasteiger partial charge in [-0.05, 0) is 42.7 Å². The first kappa shape index (κ1) is 21.6. The molecule has 0 bridgehead atoms. The lowest BCUT2D eigenvalue weighted by Gasteiger charge is -2.42. The van der Waals surface area contributed by atoms with Crippen molar-refractivity contribution in [3.05, 3.63) is 54.4 Å². The van der Waals surface area contributed by atoms with Crippen LogP contribution in [-0.2, 0) is 16.2 Å². The fourth-order valence-corrected chi connectivity index (χ4v) is 5.68. The summed E-state index contributed by atoms with van der Waals surface area (Å²) >= 11 is 0. The van der Waals surface area contributed by atoms with Gasteiger partial charge in [-0.25, -0.2) is 13.4 Å². The van der Waals surface area contributed by atoms with Crippen molar-refractivity contribution in [3.63, 3.8) is 0 Å². The number of alkyl halides is 3. The Morgan fingerprint density at radius 3 is 2.74 bits per heavy atom. The highest BCUT2D eigenvalue weighted by Gasteiger charge is 2.37. The van der Waals surface area contributed by atoms with Gasteiger partial charge in [0.2, 0.25) is 10.0 Å². The lowest BCUT2D eigenvalue weighted by molar-refractivity contribution is -0.137. The average Bonchev–Trinajstić information content (AvgIpc) is 3.22. The van der Waals surface area contributed by atoms with E-state index in [9.17, 15) is 21.6 Å². The summed E-state index contributed by atoms with van der Waals surface area (Å²) in [4.78, 5) is 9.06. The normalized spacial score (nSPS) is 20.8. The van der Waals surface area contributed by atoms with Crippen LogP contribution < -0.4 is 4.90 Å². The van der Waals surface area contributed by atoms with Crippen molar-refractivity contribution in [3.8, 4) is 0 Å². The van der Waals surface area contributed by atoms with Gasteiger partial charge in [-0.2, -0.15) is 17.5 Å². The fraction of sp³-hybridized carbons (Fsp3) is 0.381. The number of hydrogen-bond donors (Lipinski definition) is 1. The number of fused-ring (bicyclic) bond motifs is 1. The van der Waals surface area contributed by atoms with Gasteiger partial charge in [0.25, 0.3) is 0 Å². The van der Waals surface area contributed by atoms with Crippen LogP contribution in [-0.4, -0.2) is 48.9 Å². The van der Waals surface area contributed by atoms with Crippen LogP contribution in [0.25, 0.3) is 11.0 Å². The first-order chi connectivity index (χ1) is 14.6. The highest BCUT2D eigenvalue weighted by molar-refractivity contribution is 7.89. The maximum Gasteiger partial charge on any atom is 0.416 e. The second kappa shape index (κ2) is 7.83. The van der Waals surface area contributed by atoms with Gasteiger partial charge in [0.15, 0.2) is 0 Å². The molecule has 1 N–H and O–H groups in total. The highest BCUT2D eigenvalue weighted by atomic mass is 32.2. The molecule has 1 aliphatic heterocycles. The van der Waals surface area contributed by atoms with Crippen LogP contribution in [0.4, 0.5) is 18.9 Å². The molecule has 1 fully saturated rings. The van der Waals surface area contributed by atoms with Crippen molar-refractivity contribution in [1.29, 1.82) is 0 Å². The molecule has 1 saturated heterocycles. The Labute approximate surface area is 178 Å². The quantitative estimate of drug-likeness (QED) is 0.647. The summed E-state index contributed by atoms with van der Waals surface area (Å²) in [7, 11) is -2.15. The van der Waals surface area contributed by atoms with Crippen molar-refractivity contribution in [1.82, 2.24) is 14.3 Å². The predicted octanol–water partition coefficient (Wildman–Crippen LogP) is 4.12. The van der Waals surface area contributed by atoms with Crippen LogP contribution in [0.3, 0.4) is 0 Å². The molecule has 0 aliphatic carbocycles. The van der Waals surface area contributed by atoms with Gasteiger partial charge in [-0.15, -0.1) is 0 Å². The van der Waals surface area contributed by atoms with Crippen LogP contribution in [0.5, 0.6) is 0 Å². The Morgan fingerprint density at radius 1 is 1.23 bits per heavy atom. The first-order valence-corrected chi connectivity index (χ1v) is 11.4. The van der Waals surface area contributed by atoms with Crippen LogP contribution in [0.15, 0.2) is 53.7 Å². The topological polar surface area (TPSA) is 69.3 Å². The molecule has 31 heavy (non-hydrogen) atoms. The number of anilines is 1. The van der Waals surface area contributed by atoms with E-state index in [1.165, 1.54) is 10.4 Å². The molecule has 4 rings (SSSR count). The van der Waals surface area contributed by atoms with Crippen molar-refractivity contribution in [2.45, 2.75) is 30.5 Å². The monoisotopic (exact) mass is 452 g/mol. The second-order valence-corrected chi connectivity index (χ2v) is 9.84. The highest BCUT2D eigenvalue weighted by Crippen LogP contribution is 2.34. The summed E-state index contributed by atoms with van der Waals surface area (Å²) in [5.41, 5.74) is 0.682. The number of pyridine rings is 1. The van der Waals surface area contributed by atoms with E-state index in [1.54, 1.807) is 12.4 Å². The number of hydrogen-bond acceptors (Lipinski definition) is 4. The number of benzene rings is 1. The Bertz CT molecular complexity index is 1190. The minimum absolute atomic E-state index is 0.144. The summed E-state index contributed by atoms with van der Waals surface area (Å²) in [6, 6.07) is 7.58. The third-order valence-electron chi connectivity index (χ3n) is 6.00. The van der Waals surface area contributed by atoms with E-state index in [-0.39, 0.29) is 29.9 Å². The fourth-order valence-electron chi connectivity index (χ4n) is 4.16. The van der Waals surface area contributed by atoms with Crippen molar-refractivity contribution in [2.75, 3.05) is 25.0 Å². The number of sulfonamides is 1. The molecule has 3 heterocycles. The Balaban J connectivity index is 1.64. The van der Waals surface area contributed by atoms with E-state index >= 15 is 0 Å². The minimum Gasteiger partial charge on any atom is -0.369 e. The predicted molar refractivity (Wildman–Crippen MR) is 112 cm³/mol. The zero-order valence-corrected chi connectivity index (χ0v) is 17.9. The number of nitrogens with one attached hydrogen (secondary N) is 1. The van der Waals surface area contributed by atoms with Gasteiger partial charge in [-0.1, -0.05) is 13.0 Å². The van der Waals surface area contributed by atoms with Gasteiger partial charge in [0, 0.05) is 49.6 Å². The third-order valence-corrected chi connectivity index (χ3v) is 7.86. The van der Waals surface area contributed by atoms with Crippen LogP contribution in [0.2, 0.25) is 0 Å². The second-order valence-electron chi connectivity index (χ2n) is 7.90. The zero-order valence-electron chi connectivity index (χ0n) is 17.1. The Morgan fingerprint density at radius 2 is 2.00 bits per heavy atom. The van der Waals surface area contributed by atoms with Gasteiger partial charge in [-0.3, -0.25) is 0 Å². The van der Waals surface area contributed by atoms with E-state index in [0.717, 1.165) is 28.9 Å². The first-order valence-electron chi connectivity index (χ1n) is 9.91. The van der Waals surface area contributed by atoms with Crippen LogP contribution in [0.1, 0.15) is 18.9 Å². The number of H-pyrrole nitrogens is 1. The number of likely N-dealkylation sites (N-methyl/N-ethyl adjacent to an activating group) is 1. The maximum atomic E-state index is 13.2. The number of aromatic nitrogens is 2. The minimum atomic E-state index is -4.60. The molecule has 2 aromatic heterocycles. The number of aromatic amines is 1. The number of halogens is 3. The number of rotatable bonds is 4. The molecular formula is C21H23F3N4O2S. The lowest BCUT2D eigenvalue weighted by atomic mass is 9.93. The molecular weight excluding hydrogens is 429 g/mol. The van der Waals surface area contributed by atoms with Gasteiger partial charge < -0.3 is 9.88 Å². The number of nitrogens with zero attached hydrogens (tertiary/aromatic N) is 3. The molecule has 3 aromatic rings. The smallest absolute Gasteiger partial charge is 0.369 e. The molecule has 166 valence electrons. The van der Waals surface area contributed by atoms with E-state index in [0.29, 0.717) is 12.5 Å². The van der Waals surface area contributed by atoms with Crippen LogP contribution >= 0.6 is 0 Å². The van der Waals surface area contributed by atoms with Gasteiger partial charge in [0.1, 0.15) is 5.65 Å². The molecule has 1 aliphatic rings. The SMILES string of the molecule is C[C@@H]1CCN(S(=O)(=O)c2cccc(C(F)(F)F)c2)CC1N(C)c1ccnc2[nH]ccc12. The Hall–Kier alpha value is -2.59. The summed E-state index contributed by atoms with van der Waals surface area (Å²) in [5, 5.41) is 0.926.